The summed E-state index contributed by atoms with van der Waals surface area (Å²) in [7, 11) is 0. The van der Waals surface area contributed by atoms with Crippen LogP contribution in [0.15, 0.2) is 109 Å². The molecule has 0 saturated carbocycles. The van der Waals surface area contributed by atoms with Crippen LogP contribution in [-0.4, -0.2) is 33.8 Å². The number of rotatable bonds is 6. The van der Waals surface area contributed by atoms with Gasteiger partial charge in [-0.1, -0.05) is 72.8 Å². The van der Waals surface area contributed by atoms with E-state index < -0.39 is 41.7 Å². The Kier molecular flexibility index (Phi) is 7.38. The number of carboxylic acid groups (broad SMARTS) is 1. The smallest absolute Gasteiger partial charge is 0.327 e. The number of carbonyl (C=O) groups is 3. The van der Waals surface area contributed by atoms with E-state index in [0.717, 1.165) is 0 Å². The third kappa shape index (κ3) is 5.05. The number of likely N-dealkylation sites (tertiary alicyclic amines) is 1. The summed E-state index contributed by atoms with van der Waals surface area (Å²) < 4.78 is 13.5. The average molecular weight is 534 g/mol. The van der Waals surface area contributed by atoms with Gasteiger partial charge in [0, 0.05) is 17.2 Å². The molecule has 4 atom stereocenters. The van der Waals surface area contributed by atoms with Gasteiger partial charge in [0.05, 0.1) is 23.6 Å². The van der Waals surface area contributed by atoms with Crippen molar-refractivity contribution in [3.63, 3.8) is 0 Å². The second-order valence-electron chi connectivity index (χ2n) is 9.50. The van der Waals surface area contributed by atoms with Crippen LogP contribution >= 0.6 is 0 Å². The third-order valence-electron chi connectivity index (χ3n) is 7.18. The first-order valence-corrected chi connectivity index (χ1v) is 12.6. The standard InChI is InChI=1S/C32H24FN3O4/c33-24-15-17-25(18-16-24)35-32(40)36-28(22-13-11-20(19-34)12-14-22)27(30(37)23-9-5-2-6-10-23)26(29(36)31(38)39)21-7-3-1-4-8-21/h1-18,26-29H,(H,35,40)(H,38,39). The molecule has 1 aliphatic heterocycles. The Morgan fingerprint density at radius 3 is 1.98 bits per heavy atom. The molecule has 4 aromatic rings. The van der Waals surface area contributed by atoms with Crippen molar-refractivity contribution in [2.24, 2.45) is 5.92 Å². The van der Waals surface area contributed by atoms with Crippen molar-refractivity contribution in [3.8, 4) is 6.07 Å². The monoisotopic (exact) mass is 533 g/mol. The molecule has 0 radical (unpaired) electrons. The highest BCUT2D eigenvalue weighted by Crippen LogP contribution is 2.51. The number of ketones is 1. The lowest BCUT2D eigenvalue weighted by molar-refractivity contribution is -0.142. The highest BCUT2D eigenvalue weighted by atomic mass is 19.1. The van der Waals surface area contributed by atoms with Crippen LogP contribution < -0.4 is 5.32 Å². The number of aliphatic carboxylic acids is 1. The number of hydrogen-bond donors (Lipinski definition) is 2. The maximum absolute atomic E-state index is 14.2. The van der Waals surface area contributed by atoms with Crippen molar-refractivity contribution in [2.45, 2.75) is 18.0 Å². The Hall–Kier alpha value is -5.29. The van der Waals surface area contributed by atoms with E-state index >= 15 is 0 Å². The van der Waals surface area contributed by atoms with E-state index in [9.17, 15) is 29.1 Å². The summed E-state index contributed by atoms with van der Waals surface area (Å²) in [6, 6.07) is 27.8. The van der Waals surface area contributed by atoms with E-state index in [0.29, 0.717) is 22.3 Å². The fraction of sp³-hybridized carbons (Fsp3) is 0.125. The Balaban J connectivity index is 1.71. The van der Waals surface area contributed by atoms with Crippen molar-refractivity contribution in [1.82, 2.24) is 4.90 Å². The van der Waals surface area contributed by atoms with Crippen molar-refractivity contribution in [3.05, 3.63) is 137 Å². The lowest BCUT2D eigenvalue weighted by Gasteiger charge is -2.30. The van der Waals surface area contributed by atoms with Crippen LogP contribution in [0.2, 0.25) is 0 Å². The van der Waals surface area contributed by atoms with E-state index in [1.165, 1.54) is 29.2 Å². The van der Waals surface area contributed by atoms with Crippen LogP contribution in [0.4, 0.5) is 14.9 Å². The quantitative estimate of drug-likeness (QED) is 0.295. The first-order valence-electron chi connectivity index (χ1n) is 12.6. The van der Waals surface area contributed by atoms with Crippen LogP contribution in [0, 0.1) is 23.1 Å². The maximum Gasteiger partial charge on any atom is 0.327 e. The predicted molar refractivity (Wildman–Crippen MR) is 146 cm³/mol. The average Bonchev–Trinajstić information content (AvgIpc) is 3.35. The molecular formula is C32H24FN3O4. The van der Waals surface area contributed by atoms with Crippen LogP contribution in [-0.2, 0) is 4.79 Å². The molecule has 2 amide bonds. The summed E-state index contributed by atoms with van der Waals surface area (Å²) in [6.45, 7) is 0. The van der Waals surface area contributed by atoms with E-state index in [1.807, 2.05) is 0 Å². The first kappa shape index (κ1) is 26.3. The van der Waals surface area contributed by atoms with Gasteiger partial charge in [0.2, 0.25) is 0 Å². The van der Waals surface area contributed by atoms with Gasteiger partial charge in [-0.05, 0) is 47.5 Å². The van der Waals surface area contributed by atoms with Gasteiger partial charge < -0.3 is 15.3 Å². The number of benzene rings is 4. The van der Waals surface area contributed by atoms with Gasteiger partial charge >= 0.3 is 12.0 Å². The molecule has 1 heterocycles. The Morgan fingerprint density at radius 2 is 1.40 bits per heavy atom. The molecule has 4 unspecified atom stereocenters. The molecule has 1 saturated heterocycles. The van der Waals surface area contributed by atoms with E-state index in [4.69, 9.17) is 0 Å². The molecule has 198 valence electrons. The molecule has 2 N–H and O–H groups in total. The predicted octanol–water partition coefficient (Wildman–Crippen LogP) is 6.02. The van der Waals surface area contributed by atoms with Crippen molar-refractivity contribution >= 4 is 23.5 Å². The molecule has 0 aromatic heterocycles. The molecule has 5 rings (SSSR count). The SMILES string of the molecule is N#Cc1ccc(C2C(C(=O)c3ccccc3)C(c3ccccc3)C(C(=O)O)N2C(=O)Nc2ccc(F)cc2)cc1. The number of carbonyl (C=O) groups excluding carboxylic acids is 2. The number of anilines is 1. The number of nitrogens with zero attached hydrogens (tertiary/aromatic N) is 2. The van der Waals surface area contributed by atoms with Crippen molar-refractivity contribution in [1.29, 1.82) is 5.26 Å². The third-order valence-corrected chi connectivity index (χ3v) is 7.18. The number of halogens is 1. The normalized spacial score (nSPS) is 19.9. The Morgan fingerprint density at radius 1 is 0.800 bits per heavy atom. The number of hydrogen-bond acceptors (Lipinski definition) is 4. The van der Waals surface area contributed by atoms with Gasteiger partial charge in [-0.25, -0.2) is 14.0 Å². The molecular weight excluding hydrogens is 509 g/mol. The summed E-state index contributed by atoms with van der Waals surface area (Å²) in [5, 5.41) is 22.6. The minimum atomic E-state index is -1.42. The second-order valence-corrected chi connectivity index (χ2v) is 9.50. The summed E-state index contributed by atoms with van der Waals surface area (Å²) in [6.07, 6.45) is 0. The fourth-order valence-corrected chi connectivity index (χ4v) is 5.45. The fourth-order valence-electron chi connectivity index (χ4n) is 5.45. The number of amides is 2. The van der Waals surface area contributed by atoms with E-state index in [-0.39, 0.29) is 11.5 Å². The maximum atomic E-state index is 14.2. The topological polar surface area (TPSA) is 110 Å². The summed E-state index contributed by atoms with van der Waals surface area (Å²) in [5.74, 6) is -3.95. The zero-order chi connectivity index (χ0) is 28.2. The highest BCUT2D eigenvalue weighted by Gasteiger charge is 2.57. The summed E-state index contributed by atoms with van der Waals surface area (Å²) in [4.78, 5) is 42.3. The molecule has 4 aromatic carbocycles. The van der Waals surface area contributed by atoms with Crippen LogP contribution in [0.1, 0.15) is 39.0 Å². The molecule has 7 nitrogen and oxygen atoms in total. The minimum Gasteiger partial charge on any atom is -0.480 e. The van der Waals surface area contributed by atoms with Crippen LogP contribution in [0.25, 0.3) is 0 Å². The van der Waals surface area contributed by atoms with Crippen LogP contribution in [0.3, 0.4) is 0 Å². The zero-order valence-corrected chi connectivity index (χ0v) is 21.1. The molecule has 40 heavy (non-hydrogen) atoms. The lowest BCUT2D eigenvalue weighted by Crippen LogP contribution is -2.45. The number of Topliss-reactive ketones (excluding diaryl/α,β-unsaturated/α-hetero) is 1. The first-order chi connectivity index (χ1) is 19.4. The molecule has 1 fully saturated rings. The molecule has 0 bridgehead atoms. The Bertz CT molecular complexity index is 1570. The molecule has 0 spiro atoms. The number of urea groups is 1. The van der Waals surface area contributed by atoms with E-state index in [1.54, 1.807) is 84.9 Å². The number of nitriles is 1. The summed E-state index contributed by atoms with van der Waals surface area (Å²) >= 11 is 0. The van der Waals surface area contributed by atoms with Gasteiger partial charge in [0.15, 0.2) is 5.78 Å². The number of carboxylic acids is 1. The van der Waals surface area contributed by atoms with Gasteiger partial charge in [0.1, 0.15) is 11.9 Å². The van der Waals surface area contributed by atoms with Gasteiger partial charge in [-0.15, -0.1) is 0 Å². The molecule has 8 heteroatoms. The van der Waals surface area contributed by atoms with Crippen LogP contribution in [0.5, 0.6) is 0 Å². The zero-order valence-electron chi connectivity index (χ0n) is 21.1. The Labute approximate surface area is 230 Å². The van der Waals surface area contributed by atoms with Crippen molar-refractivity contribution in [2.75, 3.05) is 5.32 Å². The molecule has 0 aliphatic carbocycles. The lowest BCUT2D eigenvalue weighted by atomic mass is 9.76. The van der Waals surface area contributed by atoms with Gasteiger partial charge in [-0.3, -0.25) is 4.79 Å². The van der Waals surface area contributed by atoms with Crippen molar-refractivity contribution < 1.29 is 23.9 Å². The van der Waals surface area contributed by atoms with E-state index in [2.05, 4.69) is 11.4 Å². The number of nitrogens with one attached hydrogen (secondary N) is 1. The van der Waals surface area contributed by atoms with Gasteiger partial charge in [0.25, 0.3) is 0 Å². The molecule has 1 aliphatic rings. The second kappa shape index (κ2) is 11.2. The van der Waals surface area contributed by atoms with Gasteiger partial charge in [-0.2, -0.15) is 5.26 Å². The highest BCUT2D eigenvalue weighted by molar-refractivity contribution is 6.02. The summed E-state index contributed by atoms with van der Waals surface area (Å²) in [5.41, 5.74) is 2.14. The largest absolute Gasteiger partial charge is 0.480 e. The minimum absolute atomic E-state index is 0.267.